The smallest absolute Gasteiger partial charge is 0.364 e. The molecule has 4 aromatic rings. The minimum absolute atomic E-state index is 0.0277. The van der Waals surface area contributed by atoms with E-state index >= 15 is 0 Å². The number of methoxy groups -OCH3 is 1. The van der Waals surface area contributed by atoms with Crippen molar-refractivity contribution in [1.82, 2.24) is 9.55 Å². The molecule has 1 N–H and O–H groups in total. The lowest BCUT2D eigenvalue weighted by Gasteiger charge is -2.13. The van der Waals surface area contributed by atoms with Gasteiger partial charge in [0.2, 0.25) is 0 Å². The van der Waals surface area contributed by atoms with Crippen molar-refractivity contribution < 1.29 is 17.6 Å². The summed E-state index contributed by atoms with van der Waals surface area (Å²) in [5.41, 5.74) is 1.60. The summed E-state index contributed by atoms with van der Waals surface area (Å²) >= 11 is 0. The van der Waals surface area contributed by atoms with Gasteiger partial charge in [-0.05, 0) is 42.8 Å². The van der Waals surface area contributed by atoms with Crippen LogP contribution in [0, 0.1) is 6.92 Å². The lowest BCUT2D eigenvalue weighted by Crippen LogP contribution is -2.14. The first-order valence-corrected chi connectivity index (χ1v) is 9.84. The number of anilines is 1. The van der Waals surface area contributed by atoms with E-state index in [2.05, 4.69) is 9.71 Å². The number of hydrogen-bond donors (Lipinski definition) is 1. The monoisotopic (exact) mass is 399 g/mol. The number of sulfonamides is 1. The van der Waals surface area contributed by atoms with Crippen molar-refractivity contribution in [3.8, 4) is 5.75 Å². The lowest BCUT2D eigenvalue weighted by atomic mass is 10.2. The number of fused-ring (bicyclic) bond motifs is 3. The second-order valence-corrected chi connectivity index (χ2v) is 8.09. The molecule has 4 rings (SSSR count). The van der Waals surface area contributed by atoms with Gasteiger partial charge in [0, 0.05) is 12.4 Å². The zero-order chi connectivity index (χ0) is 20.1. The fourth-order valence-corrected chi connectivity index (χ4v) is 4.19. The molecule has 0 amide bonds. The van der Waals surface area contributed by atoms with Crippen LogP contribution in [0.5, 0.6) is 5.75 Å². The van der Waals surface area contributed by atoms with E-state index in [0.717, 1.165) is 5.56 Å². The van der Waals surface area contributed by atoms with Gasteiger partial charge in [-0.3, -0.25) is 4.72 Å². The number of imidazole rings is 1. The Balaban J connectivity index is 1.88. The molecule has 0 bridgehead atoms. The van der Waals surface area contributed by atoms with Gasteiger partial charge in [-0.15, -0.1) is 0 Å². The Morgan fingerprint density at radius 3 is 2.71 bits per heavy atom. The van der Waals surface area contributed by atoms with Gasteiger partial charge in [-0.1, -0.05) is 6.07 Å². The molecule has 0 spiro atoms. The van der Waals surface area contributed by atoms with Crippen LogP contribution in [-0.2, 0) is 17.1 Å². The van der Waals surface area contributed by atoms with Crippen molar-refractivity contribution in [1.29, 1.82) is 0 Å². The summed E-state index contributed by atoms with van der Waals surface area (Å²) < 4.78 is 40.7. The predicted octanol–water partition coefficient (Wildman–Crippen LogP) is 2.80. The third kappa shape index (κ3) is 2.89. The predicted molar refractivity (Wildman–Crippen MR) is 105 cm³/mol. The summed E-state index contributed by atoms with van der Waals surface area (Å²) in [6.45, 7) is 1.86. The van der Waals surface area contributed by atoms with E-state index in [1.165, 1.54) is 31.6 Å². The topological polar surface area (TPSA) is 103 Å². The number of benzene rings is 2. The molecule has 0 aliphatic heterocycles. The minimum atomic E-state index is -3.91. The molecule has 0 saturated heterocycles. The Labute approximate surface area is 160 Å². The Kier molecular flexibility index (Phi) is 4.11. The second kappa shape index (κ2) is 6.38. The molecule has 28 heavy (non-hydrogen) atoms. The maximum Gasteiger partial charge on any atom is 0.364 e. The summed E-state index contributed by atoms with van der Waals surface area (Å²) in [5, 5.41) is 0.480. The summed E-state index contributed by atoms with van der Waals surface area (Å²) in [6, 6.07) is 9.53. The van der Waals surface area contributed by atoms with Crippen LogP contribution in [0.3, 0.4) is 0 Å². The molecular formula is C19H17N3O5S. The minimum Gasteiger partial charge on any atom is -0.495 e. The van der Waals surface area contributed by atoms with Crippen molar-refractivity contribution in [3.63, 3.8) is 0 Å². The van der Waals surface area contributed by atoms with Crippen LogP contribution >= 0.6 is 0 Å². The highest BCUT2D eigenvalue weighted by atomic mass is 32.2. The average Bonchev–Trinajstić information content (AvgIpc) is 3.04. The molecule has 144 valence electrons. The Bertz CT molecular complexity index is 1390. The van der Waals surface area contributed by atoms with Crippen LogP contribution in [0.15, 0.2) is 56.8 Å². The first-order chi connectivity index (χ1) is 13.3. The Hall–Kier alpha value is -3.33. The standard InChI is InChI=1S/C19H17N3O5S/c1-11-4-6-16(26-3)14(8-11)21-28(24,25)12-5-7-15-13(9-12)18-17(19(23)27-15)20-10-22(18)2/h4-10,21H,1-3H3. The quantitative estimate of drug-likeness (QED) is 0.529. The van der Waals surface area contributed by atoms with Gasteiger partial charge in [0.15, 0.2) is 5.52 Å². The number of aryl methyl sites for hydroxylation is 2. The number of ether oxygens (including phenoxy) is 1. The third-order valence-corrected chi connectivity index (χ3v) is 5.81. The molecule has 0 aliphatic rings. The highest BCUT2D eigenvalue weighted by molar-refractivity contribution is 7.92. The third-order valence-electron chi connectivity index (χ3n) is 4.45. The van der Waals surface area contributed by atoms with Crippen molar-refractivity contribution in [2.24, 2.45) is 7.05 Å². The number of aromatic nitrogens is 2. The molecule has 0 fully saturated rings. The van der Waals surface area contributed by atoms with Crippen molar-refractivity contribution in [2.75, 3.05) is 11.8 Å². The maximum atomic E-state index is 13.0. The van der Waals surface area contributed by atoms with Gasteiger partial charge in [-0.2, -0.15) is 0 Å². The van der Waals surface area contributed by atoms with Gasteiger partial charge in [-0.25, -0.2) is 18.2 Å². The van der Waals surface area contributed by atoms with Gasteiger partial charge in [0.1, 0.15) is 11.3 Å². The summed E-state index contributed by atoms with van der Waals surface area (Å²) in [5.74, 6) is 0.412. The molecule has 2 aromatic heterocycles. The molecule has 0 radical (unpaired) electrons. The van der Waals surface area contributed by atoms with E-state index in [-0.39, 0.29) is 16.0 Å². The van der Waals surface area contributed by atoms with Crippen molar-refractivity contribution in [2.45, 2.75) is 11.8 Å². The van der Waals surface area contributed by atoms with Crippen LogP contribution < -0.4 is 15.1 Å². The van der Waals surface area contributed by atoms with Crippen LogP contribution in [0.4, 0.5) is 5.69 Å². The largest absolute Gasteiger partial charge is 0.495 e. The maximum absolute atomic E-state index is 13.0. The van der Waals surface area contributed by atoms with E-state index in [1.807, 2.05) is 13.0 Å². The lowest BCUT2D eigenvalue weighted by molar-refractivity contribution is 0.417. The first-order valence-electron chi connectivity index (χ1n) is 8.35. The van der Waals surface area contributed by atoms with Gasteiger partial charge in [0.05, 0.1) is 29.5 Å². The molecule has 2 heterocycles. The van der Waals surface area contributed by atoms with Gasteiger partial charge < -0.3 is 13.7 Å². The number of nitrogens with zero attached hydrogens (tertiary/aromatic N) is 2. The SMILES string of the molecule is COc1ccc(C)cc1NS(=O)(=O)c1ccc2oc(=O)c3ncn(C)c3c2c1. The number of nitrogens with one attached hydrogen (secondary N) is 1. The van der Waals surface area contributed by atoms with Crippen molar-refractivity contribution in [3.05, 3.63) is 58.7 Å². The number of hydrogen-bond acceptors (Lipinski definition) is 6. The summed E-state index contributed by atoms with van der Waals surface area (Å²) in [7, 11) is -0.709. The van der Waals surface area contributed by atoms with Gasteiger partial charge >= 0.3 is 5.63 Å². The van der Waals surface area contributed by atoms with Crippen LogP contribution in [-0.4, -0.2) is 25.1 Å². The van der Waals surface area contributed by atoms with E-state index in [4.69, 9.17) is 9.15 Å². The van der Waals surface area contributed by atoms with E-state index < -0.39 is 15.6 Å². The van der Waals surface area contributed by atoms with E-state index in [9.17, 15) is 13.2 Å². The normalized spacial score (nSPS) is 11.8. The number of rotatable bonds is 4. The molecule has 0 aliphatic carbocycles. The second-order valence-electron chi connectivity index (χ2n) is 6.41. The fraction of sp³-hybridized carbons (Fsp3) is 0.158. The molecule has 0 atom stereocenters. The zero-order valence-electron chi connectivity index (χ0n) is 15.4. The molecule has 9 heteroatoms. The fourth-order valence-electron chi connectivity index (χ4n) is 3.10. The first kappa shape index (κ1) is 18.1. The highest BCUT2D eigenvalue weighted by Crippen LogP contribution is 2.30. The zero-order valence-corrected chi connectivity index (χ0v) is 16.2. The average molecular weight is 399 g/mol. The molecule has 0 unspecified atom stereocenters. The molecule has 2 aromatic carbocycles. The van der Waals surface area contributed by atoms with Gasteiger partial charge in [0.25, 0.3) is 10.0 Å². The Morgan fingerprint density at radius 2 is 1.96 bits per heavy atom. The molecule has 0 saturated carbocycles. The van der Waals surface area contributed by atoms with Crippen LogP contribution in [0.25, 0.3) is 22.0 Å². The molecular weight excluding hydrogens is 382 g/mol. The van der Waals surface area contributed by atoms with E-state index in [0.29, 0.717) is 22.3 Å². The van der Waals surface area contributed by atoms with E-state index in [1.54, 1.807) is 23.7 Å². The van der Waals surface area contributed by atoms with Crippen LogP contribution in [0.2, 0.25) is 0 Å². The highest BCUT2D eigenvalue weighted by Gasteiger charge is 2.20. The summed E-state index contributed by atoms with van der Waals surface area (Å²) in [4.78, 5) is 16.1. The summed E-state index contributed by atoms with van der Waals surface area (Å²) in [6.07, 6.45) is 1.48. The van der Waals surface area contributed by atoms with Crippen molar-refractivity contribution >= 4 is 37.7 Å². The molecule has 8 nitrogen and oxygen atoms in total. The van der Waals surface area contributed by atoms with Crippen LogP contribution in [0.1, 0.15) is 5.56 Å². The Morgan fingerprint density at radius 1 is 1.18 bits per heavy atom.